The molecule has 2 aromatic rings. The smallest absolute Gasteiger partial charge is 0.256 e. The van der Waals surface area contributed by atoms with E-state index >= 15 is 0 Å². The van der Waals surface area contributed by atoms with E-state index < -0.39 is 5.60 Å². The van der Waals surface area contributed by atoms with Crippen LogP contribution >= 0.6 is 0 Å². The summed E-state index contributed by atoms with van der Waals surface area (Å²) in [7, 11) is 0. The second-order valence-corrected chi connectivity index (χ2v) is 7.89. The number of carbonyl (C=O) groups excluding carboxylic acids is 1. The number of likely N-dealkylation sites (tertiary alicyclic amines) is 1. The molecule has 6 heteroatoms. The number of aromatic nitrogens is 1. The Kier molecular flexibility index (Phi) is 6.31. The third-order valence-electron chi connectivity index (χ3n) is 5.36. The fraction of sp³-hybridized carbons (Fsp3) is 0.455. The monoisotopic (exact) mass is 383 g/mol. The molecule has 1 aliphatic heterocycles. The molecular formula is C22H29N3O3. The number of rotatable bonds is 7. The SMILES string of the molecule is CC(C)c1ccc(CN2CCC[C@@](O)(CNCc3ccc[nH]c3=O)C2=O)cc1. The predicted molar refractivity (Wildman–Crippen MR) is 109 cm³/mol. The summed E-state index contributed by atoms with van der Waals surface area (Å²) in [5.74, 6) is 0.222. The number of aromatic amines is 1. The van der Waals surface area contributed by atoms with Crippen LogP contribution in [0.2, 0.25) is 0 Å². The zero-order chi connectivity index (χ0) is 20.1. The first kappa shape index (κ1) is 20.3. The summed E-state index contributed by atoms with van der Waals surface area (Å²) in [4.78, 5) is 29.0. The van der Waals surface area contributed by atoms with Gasteiger partial charge >= 0.3 is 0 Å². The van der Waals surface area contributed by atoms with Gasteiger partial charge in [0.1, 0.15) is 0 Å². The molecule has 0 radical (unpaired) electrons. The average Bonchev–Trinajstić information content (AvgIpc) is 2.68. The normalized spacial score (nSPS) is 20.0. The van der Waals surface area contributed by atoms with Crippen molar-refractivity contribution in [1.29, 1.82) is 0 Å². The molecule has 2 heterocycles. The minimum absolute atomic E-state index is 0.128. The van der Waals surface area contributed by atoms with E-state index in [1.54, 1.807) is 23.2 Å². The molecule has 0 spiro atoms. The molecule has 0 unspecified atom stereocenters. The summed E-state index contributed by atoms with van der Waals surface area (Å²) in [6.07, 6.45) is 2.75. The third kappa shape index (κ3) is 4.69. The van der Waals surface area contributed by atoms with Crippen LogP contribution in [0.15, 0.2) is 47.4 Å². The average molecular weight is 383 g/mol. The number of piperidine rings is 1. The summed E-state index contributed by atoms with van der Waals surface area (Å²) in [5, 5.41) is 14.0. The lowest BCUT2D eigenvalue weighted by Crippen LogP contribution is -2.57. The van der Waals surface area contributed by atoms with Gasteiger partial charge in [0, 0.05) is 37.9 Å². The Labute approximate surface area is 165 Å². The molecule has 1 aromatic heterocycles. The number of nitrogens with one attached hydrogen (secondary N) is 2. The van der Waals surface area contributed by atoms with Crippen molar-refractivity contribution in [2.45, 2.75) is 51.3 Å². The number of H-pyrrole nitrogens is 1. The van der Waals surface area contributed by atoms with Crippen molar-refractivity contribution in [2.24, 2.45) is 0 Å². The fourth-order valence-corrected chi connectivity index (χ4v) is 3.61. The molecule has 6 nitrogen and oxygen atoms in total. The highest BCUT2D eigenvalue weighted by Crippen LogP contribution is 2.24. The van der Waals surface area contributed by atoms with Crippen LogP contribution in [0.25, 0.3) is 0 Å². The second-order valence-electron chi connectivity index (χ2n) is 7.89. The van der Waals surface area contributed by atoms with E-state index in [0.29, 0.717) is 37.5 Å². The van der Waals surface area contributed by atoms with Gasteiger partial charge in [-0.15, -0.1) is 0 Å². The quantitative estimate of drug-likeness (QED) is 0.684. The first-order valence-corrected chi connectivity index (χ1v) is 9.87. The first-order chi connectivity index (χ1) is 13.4. The Balaban J connectivity index is 1.60. The van der Waals surface area contributed by atoms with Crippen LogP contribution in [0.1, 0.15) is 49.3 Å². The van der Waals surface area contributed by atoms with Crippen LogP contribution in [0.3, 0.4) is 0 Å². The van der Waals surface area contributed by atoms with Crippen LogP contribution in [-0.4, -0.2) is 39.6 Å². The van der Waals surface area contributed by atoms with Crippen LogP contribution in [0, 0.1) is 0 Å². The zero-order valence-corrected chi connectivity index (χ0v) is 16.6. The van der Waals surface area contributed by atoms with Gasteiger partial charge < -0.3 is 20.3 Å². The number of nitrogens with zero attached hydrogens (tertiary/aromatic N) is 1. The Morgan fingerprint density at radius 3 is 2.64 bits per heavy atom. The van der Waals surface area contributed by atoms with E-state index in [4.69, 9.17) is 0 Å². The molecule has 150 valence electrons. The largest absolute Gasteiger partial charge is 0.379 e. The summed E-state index contributed by atoms with van der Waals surface area (Å²) in [6.45, 7) is 5.88. The van der Waals surface area contributed by atoms with Gasteiger partial charge in [0.05, 0.1) is 0 Å². The van der Waals surface area contributed by atoms with Gasteiger partial charge in [0.15, 0.2) is 5.60 Å². The Morgan fingerprint density at radius 1 is 1.21 bits per heavy atom. The van der Waals surface area contributed by atoms with E-state index in [-0.39, 0.29) is 18.0 Å². The number of hydrogen-bond acceptors (Lipinski definition) is 4. The molecule has 1 atom stereocenters. The van der Waals surface area contributed by atoms with Crippen molar-refractivity contribution in [3.63, 3.8) is 0 Å². The predicted octanol–water partition coefficient (Wildman–Crippen LogP) is 2.14. The molecule has 1 saturated heterocycles. The minimum atomic E-state index is -1.43. The molecule has 1 aromatic carbocycles. The molecule has 0 bridgehead atoms. The molecule has 1 fully saturated rings. The third-order valence-corrected chi connectivity index (χ3v) is 5.36. The van der Waals surface area contributed by atoms with E-state index in [1.807, 2.05) is 0 Å². The number of pyridine rings is 1. The first-order valence-electron chi connectivity index (χ1n) is 9.87. The highest BCUT2D eigenvalue weighted by molar-refractivity contribution is 5.86. The maximum Gasteiger partial charge on any atom is 0.256 e. The van der Waals surface area contributed by atoms with Crippen molar-refractivity contribution in [3.8, 4) is 0 Å². The standard InChI is InChI=1S/C22H29N3O3/c1-16(2)18-8-6-17(7-9-18)14-25-12-4-10-22(28,21(25)27)15-23-13-19-5-3-11-24-20(19)26/h3,5-9,11,16,23,28H,4,10,12-15H2,1-2H3,(H,24,26)/t22-/m1/s1. The van der Waals surface area contributed by atoms with Crippen LogP contribution < -0.4 is 10.9 Å². The maximum absolute atomic E-state index is 12.9. The molecule has 0 saturated carbocycles. The Morgan fingerprint density at radius 2 is 1.96 bits per heavy atom. The zero-order valence-electron chi connectivity index (χ0n) is 16.6. The second kappa shape index (κ2) is 8.71. The number of aliphatic hydroxyl groups is 1. The number of carbonyl (C=O) groups is 1. The van der Waals surface area contributed by atoms with Crippen molar-refractivity contribution >= 4 is 5.91 Å². The van der Waals surface area contributed by atoms with Gasteiger partial charge in [-0.2, -0.15) is 0 Å². The molecule has 1 aliphatic rings. The van der Waals surface area contributed by atoms with Crippen molar-refractivity contribution in [3.05, 3.63) is 69.6 Å². The fourth-order valence-electron chi connectivity index (χ4n) is 3.61. The van der Waals surface area contributed by atoms with Gasteiger partial charge in [-0.1, -0.05) is 44.2 Å². The van der Waals surface area contributed by atoms with E-state index in [2.05, 4.69) is 48.4 Å². The van der Waals surface area contributed by atoms with Crippen molar-refractivity contribution in [1.82, 2.24) is 15.2 Å². The topological polar surface area (TPSA) is 85.4 Å². The molecule has 3 N–H and O–H groups in total. The highest BCUT2D eigenvalue weighted by atomic mass is 16.3. The van der Waals surface area contributed by atoms with Gasteiger partial charge in [-0.3, -0.25) is 9.59 Å². The molecule has 1 amide bonds. The number of hydrogen-bond donors (Lipinski definition) is 3. The van der Waals surface area contributed by atoms with Gasteiger partial charge in [0.2, 0.25) is 0 Å². The van der Waals surface area contributed by atoms with E-state index in [9.17, 15) is 14.7 Å². The van der Waals surface area contributed by atoms with E-state index in [0.717, 1.165) is 12.0 Å². The Hall–Kier alpha value is -2.44. The number of amides is 1. The van der Waals surface area contributed by atoms with Crippen LogP contribution in [-0.2, 0) is 17.9 Å². The lowest BCUT2D eigenvalue weighted by Gasteiger charge is -2.38. The van der Waals surface area contributed by atoms with Crippen molar-refractivity contribution in [2.75, 3.05) is 13.1 Å². The number of benzene rings is 1. The molecule has 28 heavy (non-hydrogen) atoms. The van der Waals surface area contributed by atoms with Crippen LogP contribution in [0.4, 0.5) is 0 Å². The lowest BCUT2D eigenvalue weighted by molar-refractivity contribution is -0.157. The Bertz CT molecular complexity index is 860. The minimum Gasteiger partial charge on any atom is -0.379 e. The lowest BCUT2D eigenvalue weighted by atomic mass is 9.91. The highest BCUT2D eigenvalue weighted by Gasteiger charge is 2.41. The molecule has 0 aliphatic carbocycles. The van der Waals surface area contributed by atoms with Gasteiger partial charge in [0.25, 0.3) is 11.5 Å². The summed E-state index contributed by atoms with van der Waals surface area (Å²) in [6, 6.07) is 11.8. The van der Waals surface area contributed by atoms with Gasteiger partial charge in [-0.05, 0) is 36.0 Å². The summed E-state index contributed by atoms with van der Waals surface area (Å²) >= 11 is 0. The molecule has 3 rings (SSSR count). The molecular weight excluding hydrogens is 354 g/mol. The van der Waals surface area contributed by atoms with Gasteiger partial charge in [-0.25, -0.2) is 0 Å². The van der Waals surface area contributed by atoms with E-state index in [1.165, 1.54) is 5.56 Å². The maximum atomic E-state index is 12.9. The van der Waals surface area contributed by atoms with Crippen LogP contribution in [0.5, 0.6) is 0 Å². The van der Waals surface area contributed by atoms with Crippen molar-refractivity contribution < 1.29 is 9.90 Å². The summed E-state index contributed by atoms with van der Waals surface area (Å²) < 4.78 is 0. The summed E-state index contributed by atoms with van der Waals surface area (Å²) in [5.41, 5.74) is 1.31.